The van der Waals surface area contributed by atoms with Gasteiger partial charge in [0.05, 0.1) is 19.3 Å². The molecule has 0 aliphatic carbocycles. The van der Waals surface area contributed by atoms with Crippen molar-refractivity contribution in [1.82, 2.24) is 20.3 Å². The number of benzene rings is 1. The van der Waals surface area contributed by atoms with Gasteiger partial charge in [0.15, 0.2) is 0 Å². The molecule has 4 heterocycles. The van der Waals surface area contributed by atoms with Gasteiger partial charge in [-0.25, -0.2) is 8.93 Å². The van der Waals surface area contributed by atoms with Crippen molar-refractivity contribution in [2.24, 2.45) is 0 Å². The predicted molar refractivity (Wildman–Crippen MR) is 131 cm³/mol. The van der Waals surface area contributed by atoms with E-state index in [-0.39, 0.29) is 11.9 Å². The molecular formula is C24H28N4O2S2. The van der Waals surface area contributed by atoms with Crippen LogP contribution in [-0.2, 0) is 16.3 Å². The molecule has 3 unspecified atom stereocenters. The fourth-order valence-corrected chi connectivity index (χ4v) is 7.18. The Morgan fingerprint density at radius 1 is 1.19 bits per heavy atom. The van der Waals surface area contributed by atoms with Crippen molar-refractivity contribution >= 4 is 42.9 Å². The largest absolute Gasteiger partial charge is 0.347 e. The highest BCUT2D eigenvalue weighted by atomic mass is 32.2. The second-order valence-corrected chi connectivity index (χ2v) is 11.9. The lowest BCUT2D eigenvalue weighted by molar-refractivity contribution is 0.0955. The summed E-state index contributed by atoms with van der Waals surface area (Å²) < 4.78 is 17.7. The third kappa shape index (κ3) is 4.73. The van der Waals surface area contributed by atoms with Crippen molar-refractivity contribution in [3.63, 3.8) is 0 Å². The number of aromatic nitrogens is 1. The molecule has 32 heavy (non-hydrogen) atoms. The highest BCUT2D eigenvalue weighted by Gasteiger charge is 2.32. The molecule has 3 N–H and O–H groups in total. The molecule has 0 radical (unpaired) electrons. The minimum absolute atomic E-state index is 0.102. The molecule has 2 aliphatic rings. The van der Waals surface area contributed by atoms with E-state index < -0.39 is 9.71 Å². The highest BCUT2D eigenvalue weighted by Crippen LogP contribution is 2.27. The molecule has 0 spiro atoms. The van der Waals surface area contributed by atoms with Crippen LogP contribution < -0.4 is 15.4 Å². The number of hydrogen-bond acceptors (Lipinski definition) is 5. The Morgan fingerprint density at radius 2 is 1.94 bits per heavy atom. The van der Waals surface area contributed by atoms with E-state index in [0.717, 1.165) is 28.5 Å². The first-order chi connectivity index (χ1) is 15.5. The number of thiophene rings is 1. The molecule has 1 amide bonds. The van der Waals surface area contributed by atoms with Crippen LogP contribution >= 0.6 is 11.3 Å². The van der Waals surface area contributed by atoms with Gasteiger partial charge >= 0.3 is 0 Å². The summed E-state index contributed by atoms with van der Waals surface area (Å²) in [6.45, 7) is 0.412. The number of carbonyl (C=O) groups excluding carboxylic acids is 1. The Bertz CT molecular complexity index is 1180. The van der Waals surface area contributed by atoms with Crippen LogP contribution in [0.5, 0.6) is 0 Å². The number of carbonyl (C=O) groups is 1. The van der Waals surface area contributed by atoms with Gasteiger partial charge < -0.3 is 10.6 Å². The van der Waals surface area contributed by atoms with E-state index in [0.29, 0.717) is 28.4 Å². The molecule has 168 valence electrons. The van der Waals surface area contributed by atoms with Crippen LogP contribution in [-0.4, -0.2) is 39.1 Å². The topological polar surface area (TPSA) is 83.1 Å². The number of nitrogens with zero attached hydrogens (tertiary/aromatic N) is 1. The number of fused-ring (bicyclic) bond motifs is 3. The van der Waals surface area contributed by atoms with E-state index in [4.69, 9.17) is 0 Å². The first kappa shape index (κ1) is 21.6. The normalized spacial score (nSPS) is 24.7. The van der Waals surface area contributed by atoms with Crippen LogP contribution in [0.3, 0.4) is 0 Å². The molecule has 5 rings (SSSR count). The molecule has 3 atom stereocenters. The van der Waals surface area contributed by atoms with Crippen LogP contribution in [0, 0.1) is 0 Å². The summed E-state index contributed by atoms with van der Waals surface area (Å²) >= 11 is 1.44. The van der Waals surface area contributed by atoms with Crippen LogP contribution in [0.2, 0.25) is 0 Å². The van der Waals surface area contributed by atoms with Gasteiger partial charge in [-0.1, -0.05) is 18.6 Å². The average molecular weight is 469 g/mol. The lowest BCUT2D eigenvalue weighted by atomic mass is 9.84. The van der Waals surface area contributed by atoms with Gasteiger partial charge in [-0.05, 0) is 66.8 Å². The van der Waals surface area contributed by atoms with Gasteiger partial charge in [-0.2, -0.15) is 0 Å². The average Bonchev–Trinajstić information content (AvgIpc) is 3.22. The second kappa shape index (κ2) is 8.94. The lowest BCUT2D eigenvalue weighted by Crippen LogP contribution is -2.54. The monoisotopic (exact) mass is 468 g/mol. The minimum atomic E-state index is -2.57. The first-order valence-electron chi connectivity index (χ1n) is 11.1. The Balaban J connectivity index is 1.19. The Labute approximate surface area is 193 Å². The molecule has 2 aliphatic heterocycles. The fourth-order valence-electron chi connectivity index (χ4n) is 4.79. The number of rotatable bonds is 6. The zero-order valence-electron chi connectivity index (χ0n) is 17.9. The maximum absolute atomic E-state index is 13.3. The second-order valence-electron chi connectivity index (χ2n) is 8.80. The number of piperidine rings is 2. The fraction of sp³-hybridized carbons (Fsp3) is 0.375. The molecular weight excluding hydrogens is 440 g/mol. The molecule has 2 fully saturated rings. The van der Waals surface area contributed by atoms with E-state index in [9.17, 15) is 9.00 Å². The van der Waals surface area contributed by atoms with Gasteiger partial charge in [-0.3, -0.25) is 9.78 Å². The first-order valence-corrected chi connectivity index (χ1v) is 13.6. The van der Waals surface area contributed by atoms with E-state index >= 15 is 0 Å². The number of hydrogen-bond donors (Lipinski definition) is 3. The zero-order chi connectivity index (χ0) is 22.1. The standard InChI is InChI=1S/C24H28N4O2S2/c1-32(30,28-20-12-18-3-2-4-19(13-20)27-18)21-7-5-16(6-8-21)14-26-24(29)22-11-17-9-10-25-15-23(17)31-22/h5-11,15,18-20,27H,1-4,12-14H2,(H,26,29)(H,28,30). The molecule has 8 heteroatoms. The third-order valence-corrected chi connectivity index (χ3v) is 9.21. The molecule has 2 bridgehead atoms. The summed E-state index contributed by atoms with van der Waals surface area (Å²) in [5, 5.41) is 7.66. The van der Waals surface area contributed by atoms with E-state index in [2.05, 4.69) is 26.2 Å². The van der Waals surface area contributed by atoms with E-state index in [1.807, 2.05) is 36.4 Å². The van der Waals surface area contributed by atoms with Crippen LogP contribution in [0.1, 0.15) is 47.3 Å². The maximum Gasteiger partial charge on any atom is 0.261 e. The van der Waals surface area contributed by atoms with Crippen LogP contribution in [0.15, 0.2) is 53.7 Å². The Hall–Kier alpha value is -2.26. The lowest BCUT2D eigenvalue weighted by Gasteiger charge is -2.41. The summed E-state index contributed by atoms with van der Waals surface area (Å²) in [5.41, 5.74) is 0.955. The molecule has 0 saturated carbocycles. The van der Waals surface area contributed by atoms with Gasteiger partial charge in [0.25, 0.3) is 5.91 Å². The molecule has 2 saturated heterocycles. The molecule has 3 aromatic rings. The van der Waals surface area contributed by atoms with Crippen molar-refractivity contribution in [2.45, 2.75) is 61.7 Å². The van der Waals surface area contributed by atoms with Crippen molar-refractivity contribution < 1.29 is 9.00 Å². The van der Waals surface area contributed by atoms with Gasteiger partial charge in [-0.15, -0.1) is 11.3 Å². The molecule has 2 aromatic heterocycles. The number of pyridine rings is 1. The highest BCUT2D eigenvalue weighted by molar-refractivity contribution is 7.98. The van der Waals surface area contributed by atoms with E-state index in [1.54, 1.807) is 12.4 Å². The van der Waals surface area contributed by atoms with Gasteiger partial charge in [0.1, 0.15) is 0 Å². The number of amides is 1. The Morgan fingerprint density at radius 3 is 2.66 bits per heavy atom. The summed E-state index contributed by atoms with van der Waals surface area (Å²) in [4.78, 5) is 18.0. The van der Waals surface area contributed by atoms with Gasteiger partial charge in [0.2, 0.25) is 0 Å². The number of nitrogens with one attached hydrogen (secondary N) is 3. The van der Waals surface area contributed by atoms with E-state index in [1.165, 1.54) is 30.6 Å². The zero-order valence-corrected chi connectivity index (χ0v) is 19.5. The van der Waals surface area contributed by atoms with Crippen molar-refractivity contribution in [3.8, 4) is 0 Å². The van der Waals surface area contributed by atoms with Crippen molar-refractivity contribution in [3.05, 3.63) is 59.2 Å². The maximum atomic E-state index is 13.3. The molecule has 1 aromatic carbocycles. The predicted octanol–water partition coefficient (Wildman–Crippen LogP) is 3.48. The third-order valence-electron chi connectivity index (χ3n) is 6.38. The summed E-state index contributed by atoms with van der Waals surface area (Å²) in [5.74, 6) is 3.91. The summed E-state index contributed by atoms with van der Waals surface area (Å²) in [7, 11) is -2.57. The quantitative estimate of drug-likeness (QED) is 0.484. The minimum Gasteiger partial charge on any atom is -0.347 e. The summed E-state index contributed by atoms with van der Waals surface area (Å²) in [6.07, 6.45) is 9.19. The Kier molecular flexibility index (Phi) is 6.03. The van der Waals surface area contributed by atoms with Crippen molar-refractivity contribution in [1.29, 1.82) is 0 Å². The van der Waals surface area contributed by atoms with Gasteiger partial charge in [0, 0.05) is 42.0 Å². The smallest absolute Gasteiger partial charge is 0.261 e. The van der Waals surface area contributed by atoms with Crippen LogP contribution in [0.4, 0.5) is 0 Å². The van der Waals surface area contributed by atoms with Crippen molar-refractivity contribution in [2.75, 3.05) is 0 Å². The SMILES string of the molecule is C=S(=O)(NC1CC2CCCC(C1)N2)c1ccc(CNC(=O)c2cc3ccncc3s2)cc1. The summed E-state index contributed by atoms with van der Waals surface area (Å²) in [6, 6.07) is 12.6. The molecule has 6 nitrogen and oxygen atoms in total. The van der Waals surface area contributed by atoms with Crippen LogP contribution in [0.25, 0.3) is 10.1 Å².